The van der Waals surface area contributed by atoms with Gasteiger partial charge in [-0.2, -0.15) is 0 Å². The molecule has 0 radical (unpaired) electrons. The number of nitrogens with zero attached hydrogens (tertiary/aromatic N) is 1. The van der Waals surface area contributed by atoms with Crippen LogP contribution in [0.25, 0.3) is 0 Å². The van der Waals surface area contributed by atoms with Gasteiger partial charge in [-0.15, -0.1) is 0 Å². The molecule has 5 nitrogen and oxygen atoms in total. The molecule has 154 valence electrons. The third-order valence-electron chi connectivity index (χ3n) is 6.59. The van der Waals surface area contributed by atoms with E-state index in [1.165, 1.54) is 6.07 Å². The highest BCUT2D eigenvalue weighted by Crippen LogP contribution is 2.37. The van der Waals surface area contributed by atoms with E-state index in [1.807, 2.05) is 0 Å². The van der Waals surface area contributed by atoms with Crippen LogP contribution in [0.5, 0.6) is 5.75 Å². The van der Waals surface area contributed by atoms with Crippen molar-refractivity contribution < 1.29 is 19.1 Å². The van der Waals surface area contributed by atoms with Crippen LogP contribution in [0.1, 0.15) is 67.8 Å². The third kappa shape index (κ3) is 4.47. The Bertz CT molecular complexity index is 729. The van der Waals surface area contributed by atoms with Gasteiger partial charge in [-0.25, -0.2) is 4.39 Å². The standard InChI is InChI=1S/C22H31FN2O3/c1-14(4-3-5-19(27)24-2)16-8-6-15(7-9-16)12-25-13-17-10-11-18(26)21(23)20(17)22(25)28/h10-11,14-16,26H,3-9,12-13H2,1-2H3,(H,24,27). The molecule has 1 saturated carbocycles. The van der Waals surface area contributed by atoms with Crippen molar-refractivity contribution in [2.75, 3.05) is 13.6 Å². The molecule has 0 spiro atoms. The van der Waals surface area contributed by atoms with E-state index in [4.69, 9.17) is 0 Å². The SMILES string of the molecule is CNC(=O)CCCC(C)C1CCC(CN2Cc3ccc(O)c(F)c3C2=O)CC1. The van der Waals surface area contributed by atoms with Gasteiger partial charge < -0.3 is 15.3 Å². The van der Waals surface area contributed by atoms with Crippen molar-refractivity contribution >= 4 is 11.8 Å². The average molecular weight is 390 g/mol. The second-order valence-electron chi connectivity index (χ2n) is 8.44. The van der Waals surface area contributed by atoms with Crippen molar-refractivity contribution in [2.45, 2.75) is 58.4 Å². The fourth-order valence-electron chi connectivity index (χ4n) is 4.75. The van der Waals surface area contributed by atoms with Gasteiger partial charge >= 0.3 is 0 Å². The Morgan fingerprint density at radius 3 is 2.71 bits per heavy atom. The second-order valence-corrected chi connectivity index (χ2v) is 8.44. The second kappa shape index (κ2) is 8.93. The Balaban J connectivity index is 1.46. The lowest BCUT2D eigenvalue weighted by Gasteiger charge is -2.34. The minimum atomic E-state index is -0.792. The first-order valence-electron chi connectivity index (χ1n) is 10.4. The number of aromatic hydroxyl groups is 1. The predicted octanol–water partition coefficient (Wildman–Crippen LogP) is 3.85. The molecule has 1 aliphatic heterocycles. The molecule has 1 aromatic rings. The smallest absolute Gasteiger partial charge is 0.257 e. The molecule has 3 rings (SSSR count). The van der Waals surface area contributed by atoms with Gasteiger partial charge in [0, 0.05) is 26.6 Å². The molecule has 0 saturated heterocycles. The van der Waals surface area contributed by atoms with Crippen LogP contribution in [0.2, 0.25) is 0 Å². The molecular formula is C22H31FN2O3. The van der Waals surface area contributed by atoms with Crippen molar-refractivity contribution in [3.63, 3.8) is 0 Å². The molecule has 28 heavy (non-hydrogen) atoms. The van der Waals surface area contributed by atoms with Gasteiger partial charge in [0.05, 0.1) is 5.56 Å². The number of carbonyl (C=O) groups excluding carboxylic acids is 2. The molecule has 1 aromatic carbocycles. The molecule has 1 fully saturated rings. The molecule has 6 heteroatoms. The molecule has 1 heterocycles. The van der Waals surface area contributed by atoms with Crippen LogP contribution >= 0.6 is 0 Å². The summed E-state index contributed by atoms with van der Waals surface area (Å²) >= 11 is 0. The summed E-state index contributed by atoms with van der Waals surface area (Å²) in [4.78, 5) is 25.6. The van der Waals surface area contributed by atoms with Gasteiger partial charge in [0.15, 0.2) is 11.6 Å². The minimum absolute atomic E-state index is 0.0402. The summed E-state index contributed by atoms with van der Waals surface area (Å²) in [7, 11) is 1.67. The minimum Gasteiger partial charge on any atom is -0.505 e. The number of nitrogens with one attached hydrogen (secondary N) is 1. The maximum atomic E-state index is 14.1. The quantitative estimate of drug-likeness (QED) is 0.743. The van der Waals surface area contributed by atoms with Gasteiger partial charge in [0.2, 0.25) is 5.91 Å². The number of amides is 2. The van der Waals surface area contributed by atoms with Gasteiger partial charge in [0.1, 0.15) is 0 Å². The van der Waals surface area contributed by atoms with Crippen LogP contribution in [-0.2, 0) is 11.3 Å². The average Bonchev–Trinajstić information content (AvgIpc) is 3.01. The summed E-state index contributed by atoms with van der Waals surface area (Å²) in [5.74, 6) is 0.301. The highest BCUT2D eigenvalue weighted by atomic mass is 19.1. The van der Waals surface area contributed by atoms with Gasteiger partial charge in [-0.1, -0.05) is 13.0 Å². The van der Waals surface area contributed by atoms with Crippen molar-refractivity contribution in [3.05, 3.63) is 29.1 Å². The number of rotatable bonds is 7. The monoisotopic (exact) mass is 390 g/mol. The lowest BCUT2D eigenvalue weighted by molar-refractivity contribution is -0.120. The van der Waals surface area contributed by atoms with Crippen molar-refractivity contribution in [2.24, 2.45) is 17.8 Å². The van der Waals surface area contributed by atoms with E-state index >= 15 is 0 Å². The summed E-state index contributed by atoms with van der Waals surface area (Å²) in [5.41, 5.74) is 0.706. The lowest BCUT2D eigenvalue weighted by Crippen LogP contribution is -2.32. The van der Waals surface area contributed by atoms with E-state index in [2.05, 4.69) is 12.2 Å². The normalized spacial score (nSPS) is 22.8. The zero-order valence-electron chi connectivity index (χ0n) is 16.8. The first-order valence-corrected chi connectivity index (χ1v) is 10.4. The molecule has 0 bridgehead atoms. The van der Waals surface area contributed by atoms with Crippen LogP contribution in [0.4, 0.5) is 4.39 Å². The fraction of sp³-hybridized carbons (Fsp3) is 0.636. The van der Waals surface area contributed by atoms with E-state index in [1.54, 1.807) is 18.0 Å². The number of phenolic OH excluding ortho intramolecular Hbond substituents is 1. The van der Waals surface area contributed by atoms with E-state index in [9.17, 15) is 19.1 Å². The Morgan fingerprint density at radius 1 is 1.32 bits per heavy atom. The van der Waals surface area contributed by atoms with E-state index < -0.39 is 11.6 Å². The van der Waals surface area contributed by atoms with Crippen molar-refractivity contribution in [3.8, 4) is 5.75 Å². The number of fused-ring (bicyclic) bond motifs is 1. The lowest BCUT2D eigenvalue weighted by atomic mass is 9.75. The Labute approximate surface area is 166 Å². The number of hydrogen-bond donors (Lipinski definition) is 2. The summed E-state index contributed by atoms with van der Waals surface area (Å²) < 4.78 is 14.1. The molecule has 0 aromatic heterocycles. The Hall–Kier alpha value is -2.11. The number of phenols is 1. The Kier molecular flexibility index (Phi) is 6.57. The summed E-state index contributed by atoms with van der Waals surface area (Å²) in [6.07, 6.45) is 7.06. The largest absolute Gasteiger partial charge is 0.505 e. The first-order chi connectivity index (χ1) is 13.4. The summed E-state index contributed by atoms with van der Waals surface area (Å²) in [6, 6.07) is 2.96. The zero-order chi connectivity index (χ0) is 20.3. The predicted molar refractivity (Wildman–Crippen MR) is 105 cm³/mol. The molecule has 2 N–H and O–H groups in total. The first kappa shape index (κ1) is 20.6. The van der Waals surface area contributed by atoms with Crippen LogP contribution in [-0.4, -0.2) is 35.4 Å². The highest BCUT2D eigenvalue weighted by Gasteiger charge is 2.34. The van der Waals surface area contributed by atoms with Crippen molar-refractivity contribution in [1.82, 2.24) is 10.2 Å². The van der Waals surface area contributed by atoms with E-state index in [0.29, 0.717) is 42.8 Å². The molecule has 2 aliphatic rings. The molecule has 1 aliphatic carbocycles. The van der Waals surface area contributed by atoms with E-state index in [0.717, 1.165) is 38.5 Å². The number of halogens is 1. The van der Waals surface area contributed by atoms with Gasteiger partial charge in [-0.3, -0.25) is 9.59 Å². The number of hydrogen-bond acceptors (Lipinski definition) is 3. The zero-order valence-corrected chi connectivity index (χ0v) is 16.8. The summed E-state index contributed by atoms with van der Waals surface area (Å²) in [6.45, 7) is 3.37. The van der Waals surface area contributed by atoms with Gasteiger partial charge in [0.25, 0.3) is 5.91 Å². The van der Waals surface area contributed by atoms with Crippen LogP contribution in [0.3, 0.4) is 0 Å². The molecule has 2 amide bonds. The molecular weight excluding hydrogens is 359 g/mol. The summed E-state index contributed by atoms with van der Waals surface area (Å²) in [5, 5.41) is 12.2. The van der Waals surface area contributed by atoms with Gasteiger partial charge in [-0.05, 0) is 67.9 Å². The highest BCUT2D eigenvalue weighted by molar-refractivity contribution is 5.99. The maximum Gasteiger partial charge on any atom is 0.257 e. The third-order valence-corrected chi connectivity index (χ3v) is 6.59. The fourth-order valence-corrected chi connectivity index (χ4v) is 4.75. The topological polar surface area (TPSA) is 69.6 Å². The number of carbonyl (C=O) groups is 2. The number of benzene rings is 1. The Morgan fingerprint density at radius 2 is 2.04 bits per heavy atom. The van der Waals surface area contributed by atoms with Crippen molar-refractivity contribution in [1.29, 1.82) is 0 Å². The van der Waals surface area contributed by atoms with Crippen LogP contribution < -0.4 is 5.32 Å². The molecule has 1 atom stereocenters. The van der Waals surface area contributed by atoms with Crippen LogP contribution in [0.15, 0.2) is 12.1 Å². The maximum absolute atomic E-state index is 14.1. The molecule has 1 unspecified atom stereocenters. The van der Waals surface area contributed by atoms with E-state index in [-0.39, 0.29) is 17.4 Å². The van der Waals surface area contributed by atoms with Crippen LogP contribution in [0, 0.1) is 23.6 Å².